The average molecular weight is 390 g/mol. The third-order valence-corrected chi connectivity index (χ3v) is 5.73. The van der Waals surface area contributed by atoms with Gasteiger partial charge in [-0.15, -0.1) is 0 Å². The molecule has 2 aromatic carbocycles. The number of sulfonamides is 1. The summed E-state index contributed by atoms with van der Waals surface area (Å²) in [7, 11) is 0.0252. The van der Waals surface area contributed by atoms with Crippen LogP contribution in [0.2, 0.25) is 0 Å². The van der Waals surface area contributed by atoms with E-state index >= 15 is 0 Å². The number of benzene rings is 2. The van der Waals surface area contributed by atoms with E-state index in [1.165, 1.54) is 6.07 Å². The smallest absolute Gasteiger partial charge is 0.262 e. The molecule has 0 aliphatic heterocycles. The van der Waals surface area contributed by atoms with Gasteiger partial charge < -0.3 is 10.2 Å². The minimum absolute atomic E-state index is 0.101. The summed E-state index contributed by atoms with van der Waals surface area (Å²) in [4.78, 5) is 14.4. The summed E-state index contributed by atoms with van der Waals surface area (Å²) in [6, 6.07) is 10.3. The molecule has 1 amide bonds. The molecule has 0 aliphatic rings. The molecule has 0 bridgehead atoms. The van der Waals surface area contributed by atoms with Crippen LogP contribution in [-0.4, -0.2) is 46.4 Å². The number of amides is 1. The summed E-state index contributed by atoms with van der Waals surface area (Å²) in [6.07, 6.45) is 0. The Morgan fingerprint density at radius 2 is 1.67 bits per heavy atom. The molecule has 2 N–H and O–H groups in total. The second-order valence-electron chi connectivity index (χ2n) is 6.96. The number of nitrogens with one attached hydrogen (secondary N) is 2. The Labute approximate surface area is 161 Å². The fourth-order valence-electron chi connectivity index (χ4n) is 2.57. The van der Waals surface area contributed by atoms with Crippen molar-refractivity contribution in [1.29, 1.82) is 0 Å². The number of hydrogen-bond acceptors (Lipinski definition) is 4. The number of likely N-dealkylation sites (N-methyl/N-ethyl adjacent to an activating group) is 1. The van der Waals surface area contributed by atoms with E-state index in [4.69, 9.17) is 0 Å². The van der Waals surface area contributed by atoms with Crippen LogP contribution in [0.4, 0.5) is 5.69 Å². The van der Waals surface area contributed by atoms with Crippen molar-refractivity contribution in [2.75, 3.05) is 31.9 Å². The maximum absolute atomic E-state index is 12.9. The van der Waals surface area contributed by atoms with Crippen molar-refractivity contribution in [1.82, 2.24) is 10.2 Å². The molecule has 146 valence electrons. The third kappa shape index (κ3) is 5.55. The number of hydrogen-bond donors (Lipinski definition) is 2. The van der Waals surface area contributed by atoms with Crippen molar-refractivity contribution < 1.29 is 13.2 Å². The highest BCUT2D eigenvalue weighted by molar-refractivity contribution is 7.92. The molecule has 2 aromatic rings. The second-order valence-corrected chi connectivity index (χ2v) is 8.61. The Morgan fingerprint density at radius 1 is 1.00 bits per heavy atom. The fourth-order valence-corrected chi connectivity index (χ4v) is 3.96. The quantitative estimate of drug-likeness (QED) is 0.763. The summed E-state index contributed by atoms with van der Waals surface area (Å²) in [5, 5.41) is 2.80. The molecule has 0 spiro atoms. The molecule has 0 saturated heterocycles. The molecule has 0 heterocycles. The average Bonchev–Trinajstić information content (AvgIpc) is 2.57. The van der Waals surface area contributed by atoms with Crippen LogP contribution < -0.4 is 10.0 Å². The van der Waals surface area contributed by atoms with Gasteiger partial charge in [-0.05, 0) is 69.8 Å². The summed E-state index contributed by atoms with van der Waals surface area (Å²) >= 11 is 0. The van der Waals surface area contributed by atoms with Crippen molar-refractivity contribution in [3.05, 3.63) is 58.7 Å². The number of aryl methyl sites for hydroxylation is 3. The highest BCUT2D eigenvalue weighted by Crippen LogP contribution is 2.23. The Kier molecular flexibility index (Phi) is 6.62. The molecule has 0 aliphatic carbocycles. The summed E-state index contributed by atoms with van der Waals surface area (Å²) < 4.78 is 28.5. The molecule has 0 aromatic heterocycles. The van der Waals surface area contributed by atoms with Crippen LogP contribution in [0.1, 0.15) is 27.0 Å². The molecule has 0 radical (unpaired) electrons. The molecule has 0 saturated carbocycles. The van der Waals surface area contributed by atoms with E-state index in [1.807, 2.05) is 45.0 Å². The lowest BCUT2D eigenvalue weighted by Gasteiger charge is -2.14. The van der Waals surface area contributed by atoms with Gasteiger partial charge >= 0.3 is 0 Å². The molecule has 27 heavy (non-hydrogen) atoms. The first-order valence-electron chi connectivity index (χ1n) is 8.74. The Morgan fingerprint density at radius 3 is 2.33 bits per heavy atom. The van der Waals surface area contributed by atoms with Crippen molar-refractivity contribution in [3.63, 3.8) is 0 Å². The van der Waals surface area contributed by atoms with Crippen molar-refractivity contribution in [2.24, 2.45) is 0 Å². The molecule has 6 nitrogen and oxygen atoms in total. The van der Waals surface area contributed by atoms with Gasteiger partial charge in [-0.1, -0.05) is 18.2 Å². The normalized spacial score (nSPS) is 11.5. The fraction of sp³-hybridized carbons (Fsp3) is 0.350. The topological polar surface area (TPSA) is 78.5 Å². The molecular weight excluding hydrogens is 362 g/mol. The van der Waals surface area contributed by atoms with Gasteiger partial charge in [0.05, 0.1) is 10.6 Å². The number of carbonyl (C=O) groups excluding carboxylic acids is 1. The highest BCUT2D eigenvalue weighted by atomic mass is 32.2. The lowest BCUT2D eigenvalue weighted by atomic mass is 10.1. The van der Waals surface area contributed by atoms with Crippen LogP contribution >= 0.6 is 0 Å². The lowest BCUT2D eigenvalue weighted by Crippen LogP contribution is -2.31. The predicted octanol–water partition coefficient (Wildman–Crippen LogP) is 2.70. The Balaban J connectivity index is 2.28. The minimum atomic E-state index is -3.81. The first-order valence-corrected chi connectivity index (χ1v) is 10.2. The summed E-state index contributed by atoms with van der Waals surface area (Å²) in [6.45, 7) is 6.66. The van der Waals surface area contributed by atoms with Crippen LogP contribution in [0.3, 0.4) is 0 Å². The lowest BCUT2D eigenvalue weighted by molar-refractivity contribution is 0.0951. The van der Waals surface area contributed by atoms with Gasteiger partial charge in [0, 0.05) is 18.7 Å². The zero-order valence-corrected chi connectivity index (χ0v) is 17.3. The molecule has 7 heteroatoms. The number of carbonyl (C=O) groups is 1. The van der Waals surface area contributed by atoms with Gasteiger partial charge in [0.25, 0.3) is 15.9 Å². The van der Waals surface area contributed by atoms with Crippen LogP contribution in [0.5, 0.6) is 0 Å². The SMILES string of the molecule is Cc1ccc(C)c(NS(=O)(=O)c2cc(C(=O)NCCN(C)C)ccc2C)c1. The zero-order chi connectivity index (χ0) is 20.2. The van der Waals surface area contributed by atoms with Gasteiger partial charge in [-0.3, -0.25) is 9.52 Å². The zero-order valence-electron chi connectivity index (χ0n) is 16.5. The number of nitrogens with zero attached hydrogens (tertiary/aromatic N) is 1. The largest absolute Gasteiger partial charge is 0.351 e. The van der Waals surface area contributed by atoms with E-state index in [1.54, 1.807) is 25.1 Å². The van der Waals surface area contributed by atoms with Gasteiger partial charge in [0.2, 0.25) is 0 Å². The van der Waals surface area contributed by atoms with Crippen LogP contribution in [0, 0.1) is 20.8 Å². The molecule has 0 atom stereocenters. The highest BCUT2D eigenvalue weighted by Gasteiger charge is 2.20. The molecule has 0 fully saturated rings. The molecule has 2 rings (SSSR count). The second kappa shape index (κ2) is 8.54. The first-order chi connectivity index (χ1) is 12.6. The van der Waals surface area contributed by atoms with Gasteiger partial charge in [0.1, 0.15) is 0 Å². The van der Waals surface area contributed by atoms with E-state index in [2.05, 4.69) is 10.0 Å². The maximum Gasteiger partial charge on any atom is 0.262 e. The minimum Gasteiger partial charge on any atom is -0.351 e. The number of anilines is 1. The standard InChI is InChI=1S/C20H27N3O3S/c1-14-6-7-15(2)18(12-14)22-27(25,26)19-13-17(9-8-16(19)3)20(24)21-10-11-23(4)5/h6-9,12-13,22H,10-11H2,1-5H3,(H,21,24). The van der Waals surface area contributed by atoms with E-state index in [0.717, 1.165) is 11.1 Å². The van der Waals surface area contributed by atoms with E-state index in [9.17, 15) is 13.2 Å². The van der Waals surface area contributed by atoms with Gasteiger partial charge in [-0.25, -0.2) is 8.42 Å². The molecule has 0 unspecified atom stereocenters. The van der Waals surface area contributed by atoms with Crippen molar-refractivity contribution in [2.45, 2.75) is 25.7 Å². The van der Waals surface area contributed by atoms with Gasteiger partial charge in [-0.2, -0.15) is 0 Å². The van der Waals surface area contributed by atoms with Crippen LogP contribution in [0.15, 0.2) is 41.3 Å². The molecular formula is C20H27N3O3S. The van der Waals surface area contributed by atoms with E-state index < -0.39 is 10.0 Å². The first kappa shape index (κ1) is 20.9. The third-order valence-electron chi connectivity index (χ3n) is 4.22. The summed E-state index contributed by atoms with van der Waals surface area (Å²) in [5.41, 5.74) is 3.23. The van der Waals surface area contributed by atoms with E-state index in [0.29, 0.717) is 29.9 Å². The number of rotatable bonds is 7. The van der Waals surface area contributed by atoms with Crippen LogP contribution in [-0.2, 0) is 10.0 Å². The van der Waals surface area contributed by atoms with Crippen molar-refractivity contribution >= 4 is 21.6 Å². The Bertz CT molecular complexity index is 937. The van der Waals surface area contributed by atoms with E-state index in [-0.39, 0.29) is 10.8 Å². The maximum atomic E-state index is 12.9. The summed E-state index contributed by atoms with van der Waals surface area (Å²) in [5.74, 6) is -0.292. The van der Waals surface area contributed by atoms with Crippen LogP contribution in [0.25, 0.3) is 0 Å². The Hall–Kier alpha value is -2.38. The predicted molar refractivity (Wildman–Crippen MR) is 109 cm³/mol. The van der Waals surface area contributed by atoms with Gasteiger partial charge in [0.15, 0.2) is 0 Å². The van der Waals surface area contributed by atoms with Crippen molar-refractivity contribution in [3.8, 4) is 0 Å². The monoisotopic (exact) mass is 389 g/mol.